The van der Waals surface area contributed by atoms with E-state index in [-0.39, 0.29) is 27.6 Å². The summed E-state index contributed by atoms with van der Waals surface area (Å²) in [6.07, 6.45) is 4.15. The van der Waals surface area contributed by atoms with E-state index >= 15 is 0 Å². The van der Waals surface area contributed by atoms with E-state index in [9.17, 15) is 5.21 Å². The van der Waals surface area contributed by atoms with Gasteiger partial charge in [-0.3, -0.25) is 4.99 Å². The molecule has 2 saturated carbocycles. The van der Waals surface area contributed by atoms with Gasteiger partial charge in [-0.25, -0.2) is 0 Å². The summed E-state index contributed by atoms with van der Waals surface area (Å²) in [4.78, 5) is 5.06. The van der Waals surface area contributed by atoms with Crippen molar-refractivity contribution in [1.29, 1.82) is 0 Å². The van der Waals surface area contributed by atoms with Crippen molar-refractivity contribution in [3.8, 4) is 0 Å². The normalized spacial score (nSPS) is 52.7. The zero-order valence-corrected chi connectivity index (χ0v) is 13.9. The summed E-state index contributed by atoms with van der Waals surface area (Å²) in [6, 6.07) is 8.61. The summed E-state index contributed by atoms with van der Waals surface area (Å²) in [7, 11) is 1.86. The van der Waals surface area contributed by atoms with Gasteiger partial charge < -0.3 is 14.6 Å². The highest BCUT2D eigenvalue weighted by molar-refractivity contribution is 6.07. The van der Waals surface area contributed by atoms with Crippen molar-refractivity contribution in [2.75, 3.05) is 20.2 Å². The Kier molecular flexibility index (Phi) is 2.20. The molecular weight excluding hydrogens is 300 g/mol. The second-order valence-corrected chi connectivity index (χ2v) is 8.60. The molecule has 5 fully saturated rings. The number of nitrogens with zero attached hydrogens (tertiary/aromatic N) is 2. The number of para-hydroxylation sites is 1. The molecule has 0 unspecified atom stereocenters. The number of hydrogen-bond acceptors (Lipinski definition) is 3. The summed E-state index contributed by atoms with van der Waals surface area (Å²) in [6.45, 7) is 5.60. The predicted molar refractivity (Wildman–Crippen MR) is 92.0 cm³/mol. The van der Waals surface area contributed by atoms with E-state index in [4.69, 9.17) is 9.73 Å². The van der Waals surface area contributed by atoms with Gasteiger partial charge in [-0.15, -0.1) is 6.58 Å². The van der Waals surface area contributed by atoms with Gasteiger partial charge in [0.2, 0.25) is 0 Å². The summed E-state index contributed by atoms with van der Waals surface area (Å²) in [5, 5.41) is 13.4. The molecule has 4 aliphatic heterocycles. The Hall–Kier alpha value is -1.49. The van der Waals surface area contributed by atoms with E-state index in [1.165, 1.54) is 11.3 Å². The van der Waals surface area contributed by atoms with Crippen molar-refractivity contribution in [3.05, 3.63) is 47.7 Å². The number of aliphatic imine (C=N–C) groups is 1. The summed E-state index contributed by atoms with van der Waals surface area (Å²) in [5.41, 5.74) is 3.22. The third-order valence-electron chi connectivity index (χ3n) is 7.93. The molecule has 2 aliphatic carbocycles. The van der Waals surface area contributed by atoms with Crippen molar-refractivity contribution in [2.24, 2.45) is 22.2 Å². The summed E-state index contributed by atoms with van der Waals surface area (Å²) < 4.78 is 6.09. The Bertz CT molecular complexity index is 816. The molecule has 24 heavy (non-hydrogen) atoms. The molecule has 1 aromatic rings. The maximum atomic E-state index is 13.4. The van der Waals surface area contributed by atoms with Crippen LogP contribution in [0.2, 0.25) is 0 Å². The molecule has 0 N–H and O–H groups in total. The van der Waals surface area contributed by atoms with Gasteiger partial charge >= 0.3 is 0 Å². The molecule has 4 nitrogen and oxygen atoms in total. The highest BCUT2D eigenvalue weighted by atomic mass is 16.5. The van der Waals surface area contributed by atoms with Gasteiger partial charge in [-0.2, -0.15) is 0 Å². The molecule has 1 aromatic carbocycles. The van der Waals surface area contributed by atoms with Gasteiger partial charge in [0.15, 0.2) is 0 Å². The molecule has 7 rings (SSSR count). The molecule has 4 heterocycles. The second-order valence-electron chi connectivity index (χ2n) is 8.60. The van der Waals surface area contributed by atoms with Crippen molar-refractivity contribution >= 4 is 11.4 Å². The Labute approximate surface area is 142 Å². The van der Waals surface area contributed by atoms with Crippen LogP contribution < -0.4 is 0 Å². The third-order valence-corrected chi connectivity index (χ3v) is 7.93. The van der Waals surface area contributed by atoms with Crippen LogP contribution in [0.15, 0.2) is 41.9 Å². The molecule has 1 spiro atoms. The van der Waals surface area contributed by atoms with Crippen LogP contribution in [0.1, 0.15) is 18.4 Å². The molecule has 5 bridgehead atoms. The fourth-order valence-electron chi connectivity index (χ4n) is 7.17. The maximum Gasteiger partial charge on any atom is 0.0968 e. The van der Waals surface area contributed by atoms with Crippen LogP contribution in [0.25, 0.3) is 0 Å². The first kappa shape index (κ1) is 13.8. The van der Waals surface area contributed by atoms with Gasteiger partial charge in [-0.1, -0.05) is 24.3 Å². The molecule has 0 amide bonds. The molecule has 124 valence electrons. The van der Waals surface area contributed by atoms with Crippen LogP contribution >= 0.6 is 0 Å². The largest absolute Gasteiger partial charge is 0.633 e. The van der Waals surface area contributed by atoms with E-state index in [0.29, 0.717) is 25.0 Å². The SMILES string of the molecule is C=C[C@@]12C[N@+](C)([O-])[C@H]3C[C@@]14C(=Nc1ccccc14)[C@H]1C[C@H]2[C@H]3CO1. The number of piperidine rings is 2. The monoisotopic (exact) mass is 322 g/mol. The van der Waals surface area contributed by atoms with Crippen molar-refractivity contribution in [3.63, 3.8) is 0 Å². The Balaban J connectivity index is 1.72. The van der Waals surface area contributed by atoms with Gasteiger partial charge in [-0.05, 0) is 24.0 Å². The van der Waals surface area contributed by atoms with Gasteiger partial charge in [0.05, 0.1) is 54.6 Å². The maximum absolute atomic E-state index is 13.4. The molecule has 0 aromatic heterocycles. The van der Waals surface area contributed by atoms with Gasteiger partial charge in [0.25, 0.3) is 0 Å². The Morgan fingerprint density at radius 3 is 3.08 bits per heavy atom. The lowest BCUT2D eigenvalue weighted by Crippen LogP contribution is -2.82. The minimum absolute atomic E-state index is 0.106. The first-order valence-electron chi connectivity index (χ1n) is 9.03. The molecule has 4 heteroatoms. The van der Waals surface area contributed by atoms with E-state index in [1.54, 1.807) is 0 Å². The van der Waals surface area contributed by atoms with Crippen LogP contribution in [0.5, 0.6) is 0 Å². The zero-order valence-electron chi connectivity index (χ0n) is 13.9. The number of quaternary nitrogens is 1. The molecule has 6 aliphatic rings. The molecular formula is C20H22N2O2. The quantitative estimate of drug-likeness (QED) is 0.453. The third kappa shape index (κ3) is 1.18. The average molecular weight is 322 g/mol. The number of fused-ring (bicyclic) bond motifs is 4. The van der Waals surface area contributed by atoms with Crippen molar-refractivity contribution in [2.45, 2.75) is 30.4 Å². The minimum Gasteiger partial charge on any atom is -0.633 e. The van der Waals surface area contributed by atoms with E-state index < -0.39 is 0 Å². The molecule has 3 saturated heterocycles. The highest BCUT2D eigenvalue weighted by Crippen LogP contribution is 2.71. The van der Waals surface area contributed by atoms with Crippen LogP contribution in [0, 0.1) is 22.5 Å². The lowest BCUT2D eigenvalue weighted by atomic mass is 9.37. The standard InChI is InChI=1S/C20H22N2O2/c1-3-19-11-22(2,23)16-9-20(19)13-6-4-5-7-15(13)21-18(20)17-8-14(19)12(16)10-24-17/h3-7,12,14,16-17H,1,8-11H2,2H3/t12-,14+,16+,17-,19+,20-,22+/m1/s1. The van der Waals surface area contributed by atoms with Crippen molar-refractivity contribution in [1.82, 2.24) is 0 Å². The smallest absolute Gasteiger partial charge is 0.0968 e. The fraction of sp³-hybridized carbons (Fsp3) is 0.550. The van der Waals surface area contributed by atoms with Crippen LogP contribution in [-0.4, -0.2) is 42.7 Å². The van der Waals surface area contributed by atoms with Crippen molar-refractivity contribution < 1.29 is 9.38 Å². The number of benzene rings is 1. The van der Waals surface area contributed by atoms with E-state index in [1.807, 2.05) is 7.05 Å². The number of hydroxylamine groups is 3. The zero-order chi connectivity index (χ0) is 16.3. The molecule has 7 atom stereocenters. The van der Waals surface area contributed by atoms with Crippen LogP contribution in [0.4, 0.5) is 5.69 Å². The second kappa shape index (κ2) is 3.85. The number of ether oxygens (including phenoxy) is 1. The lowest BCUT2D eigenvalue weighted by Gasteiger charge is -2.74. The van der Waals surface area contributed by atoms with E-state index in [0.717, 1.165) is 18.5 Å². The number of hydrogen-bond donors (Lipinski definition) is 0. The fourth-order valence-corrected chi connectivity index (χ4v) is 7.17. The lowest BCUT2D eigenvalue weighted by molar-refractivity contribution is -0.915. The van der Waals surface area contributed by atoms with Crippen LogP contribution in [-0.2, 0) is 10.2 Å². The summed E-state index contributed by atoms with van der Waals surface area (Å²) in [5.74, 6) is 0.855. The highest BCUT2D eigenvalue weighted by Gasteiger charge is 2.77. The first-order chi connectivity index (χ1) is 11.5. The predicted octanol–water partition coefficient (Wildman–Crippen LogP) is 2.95. The first-order valence-corrected chi connectivity index (χ1v) is 9.03. The molecule has 0 radical (unpaired) electrons. The Morgan fingerprint density at radius 2 is 2.25 bits per heavy atom. The Morgan fingerprint density at radius 1 is 1.42 bits per heavy atom. The minimum atomic E-state index is -0.186. The number of rotatable bonds is 1. The topological polar surface area (TPSA) is 44.7 Å². The van der Waals surface area contributed by atoms with Gasteiger partial charge in [0, 0.05) is 12.3 Å². The van der Waals surface area contributed by atoms with Crippen LogP contribution in [0.3, 0.4) is 0 Å². The van der Waals surface area contributed by atoms with Gasteiger partial charge in [0.1, 0.15) is 0 Å². The summed E-state index contributed by atoms with van der Waals surface area (Å²) >= 11 is 0. The average Bonchev–Trinajstić information content (AvgIpc) is 2.89. The van der Waals surface area contributed by atoms with E-state index in [2.05, 4.69) is 36.9 Å².